The third-order valence-electron chi connectivity index (χ3n) is 2.15. The van der Waals surface area contributed by atoms with E-state index in [2.05, 4.69) is 20.9 Å². The number of hydrogen-bond donors (Lipinski definition) is 0. The number of rotatable bonds is 5. The molecule has 0 saturated carbocycles. The van der Waals surface area contributed by atoms with E-state index >= 15 is 0 Å². The molecule has 18 heavy (non-hydrogen) atoms. The summed E-state index contributed by atoms with van der Waals surface area (Å²) in [6, 6.07) is 1.45. The van der Waals surface area contributed by atoms with Crippen LogP contribution in [0.5, 0.6) is 0 Å². The maximum atomic E-state index is 12.7. The summed E-state index contributed by atoms with van der Waals surface area (Å²) in [6.07, 6.45) is -2.74. The summed E-state index contributed by atoms with van der Waals surface area (Å²) in [6.45, 7) is 1.96. The minimum Gasteiger partial charge on any atom is -0.466 e. The summed E-state index contributed by atoms with van der Waals surface area (Å²) in [4.78, 5) is 15.1. The average molecular weight is 343 g/mol. The average Bonchev–Trinajstić information content (AvgIpc) is 2.31. The van der Waals surface area contributed by atoms with Crippen LogP contribution in [0.15, 0.2) is 10.7 Å². The lowest BCUT2D eigenvalue weighted by Crippen LogP contribution is -2.10. The third kappa shape index (κ3) is 3.88. The van der Waals surface area contributed by atoms with Crippen molar-refractivity contribution in [2.24, 2.45) is 0 Å². The lowest BCUT2D eigenvalue weighted by atomic mass is 10.1. The Kier molecular flexibility index (Phi) is 5.95. The van der Waals surface area contributed by atoms with E-state index in [9.17, 15) is 13.6 Å². The molecule has 0 saturated heterocycles. The Morgan fingerprint density at radius 2 is 2.22 bits per heavy atom. The Morgan fingerprint density at radius 3 is 2.72 bits per heavy atom. The number of aromatic nitrogens is 1. The van der Waals surface area contributed by atoms with Crippen LogP contribution in [0.4, 0.5) is 8.78 Å². The predicted molar refractivity (Wildman–Crippen MR) is 66.8 cm³/mol. The topological polar surface area (TPSA) is 39.2 Å². The van der Waals surface area contributed by atoms with Crippen molar-refractivity contribution in [3.8, 4) is 0 Å². The molecule has 3 nitrogen and oxygen atoms in total. The van der Waals surface area contributed by atoms with Gasteiger partial charge in [0.1, 0.15) is 10.3 Å². The van der Waals surface area contributed by atoms with Gasteiger partial charge < -0.3 is 4.74 Å². The molecule has 1 rings (SSSR count). The summed E-state index contributed by atoms with van der Waals surface area (Å²) in [5.74, 6) is -0.527. The van der Waals surface area contributed by atoms with Crippen LogP contribution in [0.2, 0.25) is 0 Å². The molecule has 0 fully saturated rings. The molecule has 0 amide bonds. The molecule has 0 bridgehead atoms. The number of alkyl halides is 3. The van der Waals surface area contributed by atoms with Gasteiger partial charge in [-0.25, -0.2) is 13.8 Å². The molecular weight excluding hydrogens is 331 g/mol. The van der Waals surface area contributed by atoms with Gasteiger partial charge in [-0.15, -0.1) is 11.6 Å². The van der Waals surface area contributed by atoms with Crippen molar-refractivity contribution in [1.82, 2.24) is 4.98 Å². The molecule has 7 heteroatoms. The fourth-order valence-corrected chi connectivity index (χ4v) is 2.04. The predicted octanol–water partition coefficient (Wildman–Crippen LogP) is 3.63. The van der Waals surface area contributed by atoms with E-state index in [-0.39, 0.29) is 34.8 Å². The summed E-state index contributed by atoms with van der Waals surface area (Å²) in [5, 5.41) is 0. The minimum atomic E-state index is -2.70. The standard InChI is InChI=1S/C11H11BrClF2NO2/c1-2-18-8(17)4-6-3-7(5-13)9(11(14)15)16-10(6)12/h3,11H,2,4-5H2,1H3. The summed E-state index contributed by atoms with van der Waals surface area (Å²) < 4.78 is 30.3. The van der Waals surface area contributed by atoms with Gasteiger partial charge >= 0.3 is 5.97 Å². The van der Waals surface area contributed by atoms with Gasteiger partial charge in [0.05, 0.1) is 13.0 Å². The lowest BCUT2D eigenvalue weighted by Gasteiger charge is -2.10. The summed E-state index contributed by atoms with van der Waals surface area (Å²) in [7, 11) is 0. The van der Waals surface area contributed by atoms with E-state index in [1.165, 1.54) is 6.07 Å². The maximum absolute atomic E-state index is 12.7. The first-order valence-corrected chi connectivity index (χ1v) is 6.50. The molecule has 0 radical (unpaired) electrons. The molecule has 100 valence electrons. The molecule has 0 atom stereocenters. The van der Waals surface area contributed by atoms with Crippen molar-refractivity contribution in [1.29, 1.82) is 0 Å². The van der Waals surface area contributed by atoms with Crippen LogP contribution in [-0.2, 0) is 21.8 Å². The van der Waals surface area contributed by atoms with Crippen LogP contribution in [0.25, 0.3) is 0 Å². The molecular formula is C11H11BrClF2NO2. The maximum Gasteiger partial charge on any atom is 0.310 e. The first kappa shape index (κ1) is 15.3. The van der Waals surface area contributed by atoms with E-state index in [0.29, 0.717) is 5.56 Å². The van der Waals surface area contributed by atoms with Crippen molar-refractivity contribution in [2.45, 2.75) is 25.7 Å². The monoisotopic (exact) mass is 341 g/mol. The first-order valence-electron chi connectivity index (χ1n) is 5.17. The zero-order valence-electron chi connectivity index (χ0n) is 9.55. The van der Waals surface area contributed by atoms with Gasteiger partial charge in [0, 0.05) is 5.88 Å². The fourth-order valence-electron chi connectivity index (χ4n) is 1.38. The second-order valence-corrected chi connectivity index (χ2v) is 4.42. The molecule has 1 aromatic heterocycles. The minimum absolute atomic E-state index is 0.0329. The SMILES string of the molecule is CCOC(=O)Cc1cc(CCl)c(C(F)F)nc1Br. The normalized spacial score (nSPS) is 10.8. The number of carbonyl (C=O) groups is 1. The molecule has 0 spiro atoms. The van der Waals surface area contributed by atoms with Crippen LogP contribution in [0.3, 0.4) is 0 Å². The highest BCUT2D eigenvalue weighted by molar-refractivity contribution is 9.10. The second-order valence-electron chi connectivity index (χ2n) is 3.40. The van der Waals surface area contributed by atoms with E-state index in [1.54, 1.807) is 6.92 Å². The Hall–Kier alpha value is -0.750. The highest BCUT2D eigenvalue weighted by Gasteiger charge is 2.18. The Balaban J connectivity index is 3.04. The van der Waals surface area contributed by atoms with Crippen LogP contribution in [0.1, 0.15) is 30.2 Å². The van der Waals surface area contributed by atoms with E-state index < -0.39 is 12.4 Å². The van der Waals surface area contributed by atoms with Gasteiger partial charge in [0.15, 0.2) is 0 Å². The second kappa shape index (κ2) is 6.99. The number of halogens is 4. The smallest absolute Gasteiger partial charge is 0.310 e. The van der Waals surface area contributed by atoms with Crippen molar-refractivity contribution >= 4 is 33.5 Å². The van der Waals surface area contributed by atoms with Crippen molar-refractivity contribution in [3.63, 3.8) is 0 Å². The highest BCUT2D eigenvalue weighted by atomic mass is 79.9. The largest absolute Gasteiger partial charge is 0.466 e. The van der Waals surface area contributed by atoms with Gasteiger partial charge in [-0.2, -0.15) is 0 Å². The molecule has 0 unspecified atom stereocenters. The molecule has 0 aliphatic carbocycles. The number of carbonyl (C=O) groups excluding carboxylic acids is 1. The van der Waals surface area contributed by atoms with E-state index in [4.69, 9.17) is 16.3 Å². The quantitative estimate of drug-likeness (QED) is 0.466. The van der Waals surface area contributed by atoms with Crippen molar-refractivity contribution < 1.29 is 18.3 Å². The lowest BCUT2D eigenvalue weighted by molar-refractivity contribution is -0.142. The van der Waals surface area contributed by atoms with Gasteiger partial charge in [-0.1, -0.05) is 0 Å². The van der Waals surface area contributed by atoms with Gasteiger partial charge in [-0.3, -0.25) is 4.79 Å². The van der Waals surface area contributed by atoms with Crippen molar-refractivity contribution in [2.75, 3.05) is 6.61 Å². The van der Waals surface area contributed by atoms with Crippen LogP contribution >= 0.6 is 27.5 Å². The zero-order chi connectivity index (χ0) is 13.7. The number of esters is 1. The first-order chi connectivity index (χ1) is 8.49. The molecule has 0 aliphatic heterocycles. The molecule has 1 aromatic rings. The fraction of sp³-hybridized carbons (Fsp3) is 0.455. The number of hydrogen-bond acceptors (Lipinski definition) is 3. The number of nitrogens with zero attached hydrogens (tertiary/aromatic N) is 1. The molecule has 0 N–H and O–H groups in total. The molecule has 0 aromatic carbocycles. The Morgan fingerprint density at radius 1 is 1.56 bits per heavy atom. The van der Waals surface area contributed by atoms with Crippen LogP contribution < -0.4 is 0 Å². The summed E-state index contributed by atoms with van der Waals surface area (Å²) in [5.41, 5.74) is 0.326. The Labute approximate surface area is 117 Å². The van der Waals surface area contributed by atoms with Gasteiger partial charge in [0.2, 0.25) is 0 Å². The number of ether oxygens (including phenoxy) is 1. The van der Waals surface area contributed by atoms with Crippen molar-refractivity contribution in [3.05, 3.63) is 27.5 Å². The number of pyridine rings is 1. The zero-order valence-corrected chi connectivity index (χ0v) is 11.9. The molecule has 0 aliphatic rings. The van der Waals surface area contributed by atoms with E-state index in [1.807, 2.05) is 0 Å². The third-order valence-corrected chi connectivity index (χ3v) is 3.13. The van der Waals surface area contributed by atoms with Gasteiger partial charge in [-0.05, 0) is 40.0 Å². The van der Waals surface area contributed by atoms with Crippen LogP contribution in [-0.4, -0.2) is 17.6 Å². The Bertz CT molecular complexity index is 443. The van der Waals surface area contributed by atoms with Crippen LogP contribution in [0, 0.1) is 0 Å². The summed E-state index contributed by atoms with van der Waals surface area (Å²) >= 11 is 8.66. The highest BCUT2D eigenvalue weighted by Crippen LogP contribution is 2.27. The van der Waals surface area contributed by atoms with E-state index in [0.717, 1.165) is 0 Å². The van der Waals surface area contributed by atoms with Gasteiger partial charge in [0.25, 0.3) is 6.43 Å². The molecule has 1 heterocycles.